The molecule has 3 aliphatic heterocycles. The van der Waals surface area contributed by atoms with E-state index in [9.17, 15) is 19.8 Å². The van der Waals surface area contributed by atoms with Gasteiger partial charge < -0.3 is 47.8 Å². The largest absolute Gasteiger partial charge is 0.454 e. The van der Waals surface area contributed by atoms with Crippen molar-refractivity contribution in [1.82, 2.24) is 9.13 Å². The molecule has 5 heterocycles. The van der Waals surface area contributed by atoms with Crippen LogP contribution in [0, 0.1) is 0 Å². The lowest BCUT2D eigenvalue weighted by atomic mass is 9.87. The van der Waals surface area contributed by atoms with E-state index in [1.54, 1.807) is 24.3 Å². The Morgan fingerprint density at radius 2 is 1.21 bits per heavy atom. The van der Waals surface area contributed by atoms with Crippen molar-refractivity contribution in [2.24, 2.45) is 0 Å². The molecule has 0 amide bonds. The number of ketones is 2. The average Bonchev–Trinajstić information content (AvgIpc) is 4.14. The average molecular weight is 959 g/mol. The first kappa shape index (κ1) is 44.3. The maximum absolute atomic E-state index is 13.6. The number of carbonyl (C=O) groups excluding carboxylic acids is 2. The smallest absolute Gasteiger partial charge is 0.231 e. The zero-order chi connectivity index (χ0) is 53.3. The normalized spacial score (nSPS) is 21.4. The van der Waals surface area contributed by atoms with Gasteiger partial charge in [0.05, 0.1) is 43.2 Å². The quantitative estimate of drug-likeness (QED) is 0.108. The highest BCUT2D eigenvalue weighted by atomic mass is 16.7. The van der Waals surface area contributed by atoms with Gasteiger partial charge >= 0.3 is 0 Å². The van der Waals surface area contributed by atoms with Crippen LogP contribution < -0.4 is 18.9 Å². The lowest BCUT2D eigenvalue weighted by Crippen LogP contribution is -2.26. The van der Waals surface area contributed by atoms with E-state index in [-0.39, 0.29) is 35.6 Å². The lowest BCUT2D eigenvalue weighted by molar-refractivity contribution is -0.139. The third-order valence-corrected chi connectivity index (χ3v) is 14.3. The molecule has 3 fully saturated rings. The molecule has 2 saturated carbocycles. The van der Waals surface area contributed by atoms with E-state index >= 15 is 0 Å². The van der Waals surface area contributed by atoms with Crippen LogP contribution in [0.25, 0.3) is 21.8 Å². The van der Waals surface area contributed by atoms with E-state index in [2.05, 4.69) is 69.5 Å². The van der Waals surface area contributed by atoms with Crippen molar-refractivity contribution in [2.75, 3.05) is 26.7 Å². The number of aliphatic hydroxyl groups excluding tert-OH is 2. The summed E-state index contributed by atoms with van der Waals surface area (Å²) in [7, 11) is 0. The summed E-state index contributed by atoms with van der Waals surface area (Å²) in [5.41, 5.74) is 6.85. The van der Waals surface area contributed by atoms with Crippen LogP contribution in [0.15, 0.2) is 84.9 Å². The van der Waals surface area contributed by atoms with E-state index in [1.807, 2.05) is 62.6 Å². The predicted octanol–water partition coefficient (Wildman–Crippen LogP) is 10.4. The third-order valence-electron chi connectivity index (χ3n) is 14.3. The number of aliphatic hydroxyl groups is 2. The Morgan fingerprint density at radius 1 is 0.714 bits per heavy atom. The van der Waals surface area contributed by atoms with E-state index < -0.39 is 36.2 Å². The van der Waals surface area contributed by atoms with Crippen molar-refractivity contribution >= 4 is 33.4 Å². The highest BCUT2D eigenvalue weighted by Crippen LogP contribution is 2.53. The minimum atomic E-state index is -2.18. The summed E-state index contributed by atoms with van der Waals surface area (Å²) in [5.74, 6) is 1.38. The molecule has 1 saturated heterocycles. The third kappa shape index (κ3) is 9.72. The Kier molecular flexibility index (Phi) is 12.1. The number of aromatic nitrogens is 2. The van der Waals surface area contributed by atoms with E-state index in [0.717, 1.165) is 75.4 Å². The van der Waals surface area contributed by atoms with Crippen molar-refractivity contribution in [3.63, 3.8) is 0 Å². The van der Waals surface area contributed by atoms with Crippen molar-refractivity contribution in [3.05, 3.63) is 119 Å². The number of hydrogen-bond acceptors (Lipinski definition) is 10. The predicted molar refractivity (Wildman–Crippen MR) is 270 cm³/mol. The molecule has 6 aromatic rings. The van der Waals surface area contributed by atoms with Crippen molar-refractivity contribution in [1.29, 1.82) is 0 Å². The number of ether oxygens (including phenoxy) is 6. The number of nitrogens with zero attached hydrogens (tertiary/aromatic N) is 2. The molecule has 2 N–H and O–H groups in total. The fourth-order valence-corrected chi connectivity index (χ4v) is 10.3. The van der Waals surface area contributed by atoms with Crippen molar-refractivity contribution < 1.29 is 53.7 Å². The summed E-state index contributed by atoms with van der Waals surface area (Å²) in [6.45, 7) is 15.7. The summed E-state index contributed by atoms with van der Waals surface area (Å²) in [4.78, 5) is 27.0. The number of carbonyl (C=O) groups is 2. The van der Waals surface area contributed by atoms with Crippen LogP contribution in [0.3, 0.4) is 0 Å². The van der Waals surface area contributed by atoms with Crippen LogP contribution in [0.5, 0.6) is 23.0 Å². The summed E-state index contributed by atoms with van der Waals surface area (Å²) in [6, 6.07) is 27.2. The molecule has 2 aliphatic carbocycles. The molecule has 0 spiro atoms. The second-order valence-corrected chi connectivity index (χ2v) is 21.1. The van der Waals surface area contributed by atoms with Gasteiger partial charge in [0.2, 0.25) is 13.5 Å². The van der Waals surface area contributed by atoms with Gasteiger partial charge in [-0.3, -0.25) is 9.59 Å². The van der Waals surface area contributed by atoms with Gasteiger partial charge in [-0.2, -0.15) is 0 Å². The maximum Gasteiger partial charge on any atom is 0.231 e. The summed E-state index contributed by atoms with van der Waals surface area (Å²) in [5, 5.41) is 21.4. The topological polar surface area (TPSA) is 140 Å². The first-order valence-electron chi connectivity index (χ1n) is 26.8. The van der Waals surface area contributed by atoms with E-state index in [1.165, 1.54) is 5.69 Å². The molecule has 372 valence electrons. The van der Waals surface area contributed by atoms with E-state index in [4.69, 9.17) is 33.9 Å². The molecular weight excluding hydrogens is 885 g/mol. The molecule has 0 radical (unpaired) electrons. The van der Waals surface area contributed by atoms with Gasteiger partial charge in [0.1, 0.15) is 23.2 Å². The SMILES string of the molecule is CC.[2H]C1([2H])Oc2ccc(C3(C(=O)Cc4ccc5c(c4)cc(C(C)(C)C)n5C[C@@H]4COC(C)(C)O4)CC3)cc2O1.[2H]C1([2H])Oc2ccc(C3(C(=O)Cc4ccc5c(c4)cc(C(C)C)n5C[C@@H](O)CO)CC3)cc2O1. The van der Waals surface area contributed by atoms with Crippen LogP contribution in [-0.4, -0.2) is 75.6 Å². The van der Waals surface area contributed by atoms with Crippen LogP contribution in [0.4, 0.5) is 0 Å². The van der Waals surface area contributed by atoms with Crippen molar-refractivity contribution in [2.45, 2.75) is 154 Å². The van der Waals surface area contributed by atoms with Gasteiger partial charge in [0.15, 0.2) is 28.8 Å². The Hall–Kier alpha value is -5.66. The monoisotopic (exact) mass is 959 g/mol. The molecule has 12 nitrogen and oxygen atoms in total. The standard InChI is InChI=1S/C30H35NO5.C26H29NO5.C2H6/c1-28(2,3)26-14-20-12-19(6-8-23(20)31(26)16-22-17-35-29(4,5)36-22)13-27(32)30(10-11-30)21-7-9-24-25(15-21)34-18-33-24;1-16(2)22-11-18-9-17(3-5-21(18)27(22)13-20(29)14-28)10-25(30)26(7-8-26)19-4-6-23-24(12-19)32-15-31-23;1-2/h6-9,12,14-15,22H,10-11,13,16-18H2,1-5H3;3-6,9,11-12,16,20,28-29H,7-8,10,13-15H2,1-2H3;1-2H3/t22-;20-;/m11./s1/i18D2;15D2;. The van der Waals surface area contributed by atoms with Crippen LogP contribution in [-0.2, 0) is 61.2 Å². The Labute approximate surface area is 417 Å². The summed E-state index contributed by atoms with van der Waals surface area (Å²) < 4.78 is 67.8. The van der Waals surface area contributed by atoms with Crippen molar-refractivity contribution in [3.8, 4) is 23.0 Å². The van der Waals surface area contributed by atoms with Gasteiger partial charge in [-0.15, -0.1) is 0 Å². The first-order valence-corrected chi connectivity index (χ1v) is 24.8. The first-order chi connectivity index (χ1) is 34.9. The minimum Gasteiger partial charge on any atom is -0.454 e. The fourth-order valence-electron chi connectivity index (χ4n) is 10.3. The number of hydrogen-bond donors (Lipinski definition) is 2. The highest BCUT2D eigenvalue weighted by molar-refractivity contribution is 5.96. The second kappa shape index (κ2) is 19.2. The minimum absolute atomic E-state index is 0.0188. The maximum atomic E-state index is 13.6. The Balaban J connectivity index is 0.000000177. The molecule has 12 heteroatoms. The molecular formula is C58H70N2O10. The number of rotatable bonds is 14. The van der Waals surface area contributed by atoms with Gasteiger partial charge in [0.25, 0.3) is 0 Å². The Morgan fingerprint density at radius 3 is 1.67 bits per heavy atom. The molecule has 4 aromatic carbocycles. The number of benzene rings is 4. The van der Waals surface area contributed by atoms with Crippen LogP contribution in [0.1, 0.15) is 133 Å². The highest BCUT2D eigenvalue weighted by Gasteiger charge is 2.52. The molecule has 2 aromatic heterocycles. The zero-order valence-electron chi connectivity index (χ0n) is 45.9. The molecule has 0 unspecified atom stereocenters. The van der Waals surface area contributed by atoms with E-state index in [0.29, 0.717) is 55.5 Å². The number of Topliss-reactive ketones (excluding diaryl/α,β-unsaturated/α-hetero) is 2. The number of fused-ring (bicyclic) bond motifs is 4. The molecule has 2 atom stereocenters. The molecule has 5 aliphatic rings. The fraction of sp³-hybridized carbons (Fsp3) is 0.483. The molecule has 0 bridgehead atoms. The second-order valence-electron chi connectivity index (χ2n) is 21.1. The Bertz CT molecular complexity index is 3100. The van der Waals surface area contributed by atoms with Gasteiger partial charge in [-0.1, -0.05) is 72.7 Å². The van der Waals surface area contributed by atoms with Crippen LogP contribution >= 0.6 is 0 Å². The summed E-state index contributed by atoms with van der Waals surface area (Å²) in [6.07, 6.45) is 2.87. The van der Waals surface area contributed by atoms with Gasteiger partial charge in [0, 0.05) is 51.5 Å². The van der Waals surface area contributed by atoms with Gasteiger partial charge in [-0.25, -0.2) is 0 Å². The lowest BCUT2D eigenvalue weighted by Gasteiger charge is -2.24. The molecule has 11 rings (SSSR count). The zero-order valence-corrected chi connectivity index (χ0v) is 41.9. The molecule has 70 heavy (non-hydrogen) atoms. The summed E-state index contributed by atoms with van der Waals surface area (Å²) >= 11 is 0. The van der Waals surface area contributed by atoms with Crippen LogP contribution in [0.2, 0.25) is 0 Å². The van der Waals surface area contributed by atoms with Gasteiger partial charge in [-0.05, 0) is 128 Å².